The van der Waals surface area contributed by atoms with E-state index in [1.807, 2.05) is 43.6 Å². The molecule has 0 aliphatic carbocycles. The van der Waals surface area contributed by atoms with Crippen LogP contribution < -0.4 is 11.1 Å². The molecule has 146 valence electrons. The molecule has 4 rings (SSSR count). The minimum atomic E-state index is -0.658. The highest BCUT2D eigenvalue weighted by Crippen LogP contribution is 2.22. The van der Waals surface area contributed by atoms with Gasteiger partial charge in [0.1, 0.15) is 0 Å². The zero-order valence-electron chi connectivity index (χ0n) is 15.4. The number of aromatic nitrogens is 2. The lowest BCUT2D eigenvalue weighted by Gasteiger charge is -2.19. The van der Waals surface area contributed by atoms with Crippen LogP contribution in [0.3, 0.4) is 0 Å². The van der Waals surface area contributed by atoms with Crippen LogP contribution in [0.2, 0.25) is 0 Å². The van der Waals surface area contributed by atoms with Crippen LogP contribution in [0.5, 0.6) is 0 Å². The maximum absolute atomic E-state index is 12.6. The summed E-state index contributed by atoms with van der Waals surface area (Å²) in [7, 11) is 1.83. The highest BCUT2D eigenvalue weighted by molar-refractivity contribution is 6.03. The van der Waals surface area contributed by atoms with Gasteiger partial charge in [0.2, 0.25) is 6.10 Å². The smallest absolute Gasteiger partial charge is 0.264 e. The van der Waals surface area contributed by atoms with Crippen LogP contribution in [0.4, 0.5) is 0 Å². The first kappa shape index (κ1) is 19.9. The summed E-state index contributed by atoms with van der Waals surface area (Å²) < 4.78 is 1.69. The Hall–Kier alpha value is -2.90. The van der Waals surface area contributed by atoms with Gasteiger partial charge in [-0.15, -0.1) is 12.4 Å². The molecule has 0 radical (unpaired) electrons. The lowest BCUT2D eigenvalue weighted by atomic mass is 10.0. The first-order valence-electron chi connectivity index (χ1n) is 8.85. The zero-order chi connectivity index (χ0) is 18.8. The summed E-state index contributed by atoms with van der Waals surface area (Å²) in [5.74, 6) is -0.221. The molecule has 0 saturated carbocycles. The number of carbonyl (C=O) groups excluding carboxylic acids is 1. The van der Waals surface area contributed by atoms with Crippen molar-refractivity contribution in [3.8, 4) is 0 Å². The number of nitrogens with one attached hydrogen (secondary N) is 1. The Kier molecular flexibility index (Phi) is 5.96. The number of hydrogen-bond donors (Lipinski definition) is 2. The van der Waals surface area contributed by atoms with Crippen molar-refractivity contribution in [1.82, 2.24) is 15.1 Å². The number of fused-ring (bicyclic) bond motifs is 1. The Morgan fingerprint density at radius 1 is 1.32 bits per heavy atom. The maximum atomic E-state index is 12.6. The molecule has 0 saturated heterocycles. The van der Waals surface area contributed by atoms with Gasteiger partial charge in [0.25, 0.3) is 5.91 Å². The Morgan fingerprint density at radius 3 is 2.82 bits per heavy atom. The van der Waals surface area contributed by atoms with Crippen molar-refractivity contribution in [1.29, 1.82) is 0 Å². The van der Waals surface area contributed by atoms with Gasteiger partial charge < -0.3 is 15.9 Å². The minimum Gasteiger partial charge on any atom is -0.382 e. The molecule has 2 heterocycles. The molecule has 2 aromatic carbocycles. The third kappa shape index (κ3) is 4.00. The molecule has 3 N–H and O–H groups in total. The molecule has 1 aliphatic heterocycles. The predicted octanol–water partition coefficient (Wildman–Crippen LogP) is 2.30. The molecule has 0 bridgehead atoms. The van der Waals surface area contributed by atoms with Crippen molar-refractivity contribution in [3.63, 3.8) is 0 Å². The topological polar surface area (TPSA) is 94.5 Å². The van der Waals surface area contributed by atoms with Crippen molar-refractivity contribution in [2.24, 2.45) is 17.9 Å². The van der Waals surface area contributed by atoms with Gasteiger partial charge in [-0.3, -0.25) is 9.48 Å². The summed E-state index contributed by atoms with van der Waals surface area (Å²) in [4.78, 5) is 18.0. The van der Waals surface area contributed by atoms with E-state index in [2.05, 4.69) is 27.7 Å². The van der Waals surface area contributed by atoms with Gasteiger partial charge in [0.05, 0.1) is 18.0 Å². The summed E-state index contributed by atoms with van der Waals surface area (Å²) in [6.07, 6.45) is 3.31. The first-order valence-corrected chi connectivity index (χ1v) is 8.85. The SMILES string of the molecule is Cl.Cn1cc(C2=NOC(C(=O)NC(CN)c3ccc4ccccc4c3)C2)cn1. The second-order valence-electron chi connectivity index (χ2n) is 6.64. The fourth-order valence-electron chi connectivity index (χ4n) is 3.23. The number of rotatable bonds is 5. The van der Waals surface area contributed by atoms with Gasteiger partial charge in [0, 0.05) is 31.8 Å². The fraction of sp³-hybridized carbons (Fsp3) is 0.250. The van der Waals surface area contributed by atoms with E-state index in [0.717, 1.165) is 27.6 Å². The third-order valence-electron chi connectivity index (χ3n) is 4.73. The van der Waals surface area contributed by atoms with Crippen LogP contribution in [0, 0.1) is 0 Å². The Balaban J connectivity index is 0.00000225. The molecule has 0 fully saturated rings. The summed E-state index contributed by atoms with van der Waals surface area (Å²) in [6, 6.07) is 13.9. The van der Waals surface area contributed by atoms with Gasteiger partial charge in [-0.1, -0.05) is 41.6 Å². The summed E-state index contributed by atoms with van der Waals surface area (Å²) in [5.41, 5.74) is 8.47. The van der Waals surface area contributed by atoms with Crippen LogP contribution >= 0.6 is 12.4 Å². The number of aryl methyl sites for hydroxylation is 1. The monoisotopic (exact) mass is 399 g/mol. The average Bonchev–Trinajstić information content (AvgIpc) is 3.34. The second kappa shape index (κ2) is 8.41. The normalized spacial score (nSPS) is 16.8. The number of nitrogens with zero attached hydrogens (tertiary/aromatic N) is 3. The van der Waals surface area contributed by atoms with Crippen molar-refractivity contribution >= 4 is 34.8 Å². The molecular weight excluding hydrogens is 378 g/mol. The number of nitrogens with two attached hydrogens (primary N) is 1. The molecule has 1 aromatic heterocycles. The molecule has 8 heteroatoms. The number of hydrogen-bond acceptors (Lipinski definition) is 5. The van der Waals surface area contributed by atoms with E-state index in [0.29, 0.717) is 13.0 Å². The highest BCUT2D eigenvalue weighted by Gasteiger charge is 2.30. The van der Waals surface area contributed by atoms with E-state index in [4.69, 9.17) is 10.6 Å². The largest absolute Gasteiger partial charge is 0.382 e. The molecule has 3 aromatic rings. The Morgan fingerprint density at radius 2 is 2.11 bits per heavy atom. The molecule has 0 spiro atoms. The highest BCUT2D eigenvalue weighted by atomic mass is 35.5. The summed E-state index contributed by atoms with van der Waals surface area (Å²) in [6.45, 7) is 0.299. The molecule has 28 heavy (non-hydrogen) atoms. The van der Waals surface area contributed by atoms with Gasteiger partial charge in [-0.05, 0) is 22.4 Å². The standard InChI is InChI=1S/C20H21N5O2.ClH/c1-25-12-16(11-22-25)17-9-19(27-24-17)20(26)23-18(10-21)15-7-6-13-4-2-3-5-14(13)8-15;/h2-8,11-12,18-19H,9-10,21H2,1H3,(H,23,26);1H. The fourth-order valence-corrected chi connectivity index (χ4v) is 3.23. The van der Waals surface area contributed by atoms with Crippen molar-refractivity contribution in [2.45, 2.75) is 18.6 Å². The molecule has 1 aliphatic rings. The van der Waals surface area contributed by atoms with Crippen LogP contribution in [0.25, 0.3) is 10.8 Å². The molecular formula is C20H22ClN5O2. The van der Waals surface area contributed by atoms with E-state index >= 15 is 0 Å². The van der Waals surface area contributed by atoms with Crippen LogP contribution in [-0.4, -0.2) is 34.0 Å². The summed E-state index contributed by atoms with van der Waals surface area (Å²) in [5, 5.41) is 13.4. The molecule has 2 atom stereocenters. The van der Waals surface area contributed by atoms with Gasteiger partial charge in [-0.2, -0.15) is 5.10 Å². The van der Waals surface area contributed by atoms with Crippen molar-refractivity contribution < 1.29 is 9.63 Å². The minimum absolute atomic E-state index is 0. The third-order valence-corrected chi connectivity index (χ3v) is 4.73. The van der Waals surface area contributed by atoms with Crippen LogP contribution in [-0.2, 0) is 16.7 Å². The maximum Gasteiger partial charge on any atom is 0.264 e. The number of amides is 1. The quantitative estimate of drug-likeness (QED) is 0.688. The molecule has 2 unspecified atom stereocenters. The van der Waals surface area contributed by atoms with E-state index < -0.39 is 6.10 Å². The summed E-state index contributed by atoms with van der Waals surface area (Å²) >= 11 is 0. The van der Waals surface area contributed by atoms with E-state index in [1.165, 1.54) is 0 Å². The van der Waals surface area contributed by atoms with Crippen molar-refractivity contribution in [3.05, 3.63) is 66.0 Å². The second-order valence-corrected chi connectivity index (χ2v) is 6.64. The van der Waals surface area contributed by atoms with E-state index in [1.54, 1.807) is 10.9 Å². The number of benzene rings is 2. The van der Waals surface area contributed by atoms with Crippen LogP contribution in [0.1, 0.15) is 23.6 Å². The van der Waals surface area contributed by atoms with E-state index in [-0.39, 0.29) is 24.4 Å². The Labute approximate surface area is 168 Å². The predicted molar refractivity (Wildman–Crippen MR) is 110 cm³/mol. The van der Waals surface area contributed by atoms with Gasteiger partial charge in [-0.25, -0.2) is 0 Å². The molecule has 7 nitrogen and oxygen atoms in total. The van der Waals surface area contributed by atoms with Gasteiger partial charge >= 0.3 is 0 Å². The lowest BCUT2D eigenvalue weighted by molar-refractivity contribution is -0.131. The van der Waals surface area contributed by atoms with Crippen molar-refractivity contribution in [2.75, 3.05) is 6.54 Å². The average molecular weight is 400 g/mol. The first-order chi connectivity index (χ1) is 13.1. The Bertz CT molecular complexity index is 1020. The zero-order valence-corrected chi connectivity index (χ0v) is 16.2. The van der Waals surface area contributed by atoms with E-state index in [9.17, 15) is 4.79 Å². The number of halogens is 1. The lowest BCUT2D eigenvalue weighted by Crippen LogP contribution is -2.40. The number of oxime groups is 1. The number of carbonyl (C=O) groups is 1. The molecule has 1 amide bonds. The van der Waals surface area contributed by atoms with Crippen LogP contribution in [0.15, 0.2) is 60.0 Å². The van der Waals surface area contributed by atoms with Gasteiger partial charge in [0.15, 0.2) is 0 Å².